The smallest absolute Gasteiger partial charge is 0.258 e. The van der Waals surface area contributed by atoms with E-state index in [2.05, 4.69) is 0 Å². The van der Waals surface area contributed by atoms with Crippen LogP contribution in [0.25, 0.3) is 0 Å². The molecule has 122 valence electrons. The van der Waals surface area contributed by atoms with Crippen LogP contribution in [0.15, 0.2) is 36.4 Å². The molecule has 1 heterocycles. The second kappa shape index (κ2) is 6.92. The predicted octanol–water partition coefficient (Wildman–Crippen LogP) is 3.60. The maximum Gasteiger partial charge on any atom is 0.258 e. The largest absolute Gasteiger partial charge is 0.496 e. The zero-order valence-electron chi connectivity index (χ0n) is 13.3. The highest BCUT2D eigenvalue weighted by Gasteiger charge is 2.25. The minimum Gasteiger partial charge on any atom is -0.496 e. The fourth-order valence-electron chi connectivity index (χ4n) is 2.97. The molecule has 0 saturated carbocycles. The molecule has 3 rings (SSSR count). The molecule has 0 aromatic heterocycles. The van der Waals surface area contributed by atoms with Crippen LogP contribution >= 0.6 is 12.4 Å². The molecule has 4 nitrogen and oxygen atoms in total. The minimum absolute atomic E-state index is 0. The number of anilines is 2. The molecule has 23 heavy (non-hydrogen) atoms. The highest BCUT2D eigenvalue weighted by atomic mass is 35.5. The van der Waals surface area contributed by atoms with Gasteiger partial charge in [0.15, 0.2) is 0 Å². The lowest BCUT2D eigenvalue weighted by Crippen LogP contribution is -2.35. The van der Waals surface area contributed by atoms with E-state index in [9.17, 15) is 4.79 Å². The lowest BCUT2D eigenvalue weighted by atomic mass is 9.99. The summed E-state index contributed by atoms with van der Waals surface area (Å²) in [6.45, 7) is 2.68. The van der Waals surface area contributed by atoms with Gasteiger partial charge >= 0.3 is 0 Å². The van der Waals surface area contributed by atoms with E-state index in [-0.39, 0.29) is 18.3 Å². The van der Waals surface area contributed by atoms with E-state index in [1.807, 2.05) is 42.2 Å². The molecule has 0 aliphatic carbocycles. The van der Waals surface area contributed by atoms with Crippen LogP contribution in [0.4, 0.5) is 11.4 Å². The fourth-order valence-corrected chi connectivity index (χ4v) is 2.97. The number of ether oxygens (including phenoxy) is 1. The van der Waals surface area contributed by atoms with E-state index < -0.39 is 0 Å². The van der Waals surface area contributed by atoms with Gasteiger partial charge in [0.1, 0.15) is 5.75 Å². The average molecular weight is 333 g/mol. The highest BCUT2D eigenvalue weighted by Crippen LogP contribution is 2.32. The van der Waals surface area contributed by atoms with Gasteiger partial charge in [0, 0.05) is 23.5 Å². The first-order valence-electron chi connectivity index (χ1n) is 7.45. The Kier molecular flexibility index (Phi) is 5.16. The van der Waals surface area contributed by atoms with Crippen molar-refractivity contribution < 1.29 is 9.53 Å². The summed E-state index contributed by atoms with van der Waals surface area (Å²) in [6, 6.07) is 11.3. The third kappa shape index (κ3) is 3.13. The van der Waals surface area contributed by atoms with E-state index in [1.54, 1.807) is 13.2 Å². The van der Waals surface area contributed by atoms with E-state index in [0.717, 1.165) is 41.1 Å². The minimum atomic E-state index is -0.00940. The number of hydrogen-bond donors (Lipinski definition) is 1. The maximum atomic E-state index is 12.9. The van der Waals surface area contributed by atoms with Crippen molar-refractivity contribution in [2.75, 3.05) is 24.3 Å². The quantitative estimate of drug-likeness (QED) is 0.855. The number of hydrogen-bond acceptors (Lipinski definition) is 3. The number of methoxy groups -OCH3 is 1. The second-order valence-electron chi connectivity index (χ2n) is 5.59. The Morgan fingerprint density at radius 3 is 2.78 bits per heavy atom. The molecule has 0 radical (unpaired) electrons. The number of carbonyl (C=O) groups excluding carboxylic acids is 1. The van der Waals surface area contributed by atoms with Gasteiger partial charge in [-0.3, -0.25) is 4.79 Å². The number of carbonyl (C=O) groups is 1. The number of benzene rings is 2. The molecule has 1 aliphatic heterocycles. The van der Waals surface area contributed by atoms with Crippen molar-refractivity contribution in [3.63, 3.8) is 0 Å². The lowest BCUT2D eigenvalue weighted by Gasteiger charge is -2.30. The Morgan fingerprint density at radius 2 is 2.04 bits per heavy atom. The number of nitrogens with two attached hydrogens (primary N) is 1. The molecule has 0 unspecified atom stereocenters. The Bertz CT molecular complexity index is 731. The van der Waals surface area contributed by atoms with E-state index in [4.69, 9.17) is 10.5 Å². The number of halogens is 1. The summed E-state index contributed by atoms with van der Waals surface area (Å²) in [7, 11) is 1.62. The molecule has 1 aliphatic rings. The molecule has 5 heteroatoms. The van der Waals surface area contributed by atoms with Crippen molar-refractivity contribution in [1.82, 2.24) is 0 Å². The van der Waals surface area contributed by atoms with Crippen molar-refractivity contribution in [3.05, 3.63) is 53.1 Å². The van der Waals surface area contributed by atoms with Crippen LogP contribution in [-0.2, 0) is 6.42 Å². The zero-order valence-corrected chi connectivity index (χ0v) is 14.2. The molecule has 0 fully saturated rings. The third-order valence-electron chi connectivity index (χ3n) is 4.19. The number of fused-ring (bicyclic) bond motifs is 1. The van der Waals surface area contributed by atoms with Gasteiger partial charge in [0.05, 0.1) is 7.11 Å². The summed E-state index contributed by atoms with van der Waals surface area (Å²) in [5.41, 5.74) is 10.5. The topological polar surface area (TPSA) is 55.6 Å². The van der Waals surface area contributed by atoms with Crippen LogP contribution in [0.2, 0.25) is 0 Å². The van der Waals surface area contributed by atoms with Gasteiger partial charge in [-0.2, -0.15) is 0 Å². The maximum absolute atomic E-state index is 12.9. The highest BCUT2D eigenvalue weighted by molar-refractivity contribution is 6.07. The number of nitrogen functional groups attached to an aromatic ring is 1. The second-order valence-corrected chi connectivity index (χ2v) is 5.59. The SMILES string of the molecule is COc1cc(C(=O)N2CCCc3c(N)cccc32)ccc1C.Cl. The Morgan fingerprint density at radius 1 is 1.26 bits per heavy atom. The van der Waals surface area contributed by atoms with Crippen LogP contribution in [-0.4, -0.2) is 19.6 Å². The van der Waals surface area contributed by atoms with Gasteiger partial charge in [-0.25, -0.2) is 0 Å². The van der Waals surface area contributed by atoms with Gasteiger partial charge < -0.3 is 15.4 Å². The molecule has 2 N–H and O–H groups in total. The first kappa shape index (κ1) is 17.2. The van der Waals surface area contributed by atoms with Crippen LogP contribution in [0.1, 0.15) is 27.9 Å². The lowest BCUT2D eigenvalue weighted by molar-refractivity contribution is 0.0985. The summed E-state index contributed by atoms with van der Waals surface area (Å²) in [5.74, 6) is 0.723. The van der Waals surface area contributed by atoms with Crippen LogP contribution < -0.4 is 15.4 Å². The Hall–Kier alpha value is -2.20. The van der Waals surface area contributed by atoms with Crippen molar-refractivity contribution in [3.8, 4) is 5.75 Å². The van der Waals surface area contributed by atoms with Gasteiger partial charge in [-0.15, -0.1) is 12.4 Å². The monoisotopic (exact) mass is 332 g/mol. The van der Waals surface area contributed by atoms with E-state index in [0.29, 0.717) is 12.1 Å². The fraction of sp³-hybridized carbons (Fsp3) is 0.278. The van der Waals surface area contributed by atoms with Crippen LogP contribution in [0.3, 0.4) is 0 Å². The molecule has 0 atom stereocenters. The average Bonchev–Trinajstić information content (AvgIpc) is 2.54. The van der Waals surface area contributed by atoms with Crippen LogP contribution in [0, 0.1) is 6.92 Å². The molecule has 2 aromatic rings. The summed E-state index contributed by atoms with van der Waals surface area (Å²) >= 11 is 0. The van der Waals surface area contributed by atoms with Crippen molar-refractivity contribution >= 4 is 29.7 Å². The molecule has 1 amide bonds. The number of amides is 1. The summed E-state index contributed by atoms with van der Waals surface area (Å²) < 4.78 is 5.32. The van der Waals surface area contributed by atoms with Gasteiger partial charge in [-0.1, -0.05) is 12.1 Å². The molecule has 0 spiro atoms. The zero-order chi connectivity index (χ0) is 15.7. The normalized spacial score (nSPS) is 13.0. The van der Waals surface area contributed by atoms with Crippen molar-refractivity contribution in [1.29, 1.82) is 0 Å². The van der Waals surface area contributed by atoms with Gasteiger partial charge in [-0.05, 0) is 55.2 Å². The molecular formula is C18H21ClN2O2. The standard InChI is InChI=1S/C18H20N2O2.ClH/c1-12-8-9-13(11-17(12)22-2)18(21)20-10-4-5-14-15(19)6-3-7-16(14)20;/h3,6-9,11H,4-5,10,19H2,1-2H3;1H. The van der Waals surface area contributed by atoms with Gasteiger partial charge in [0.25, 0.3) is 5.91 Å². The summed E-state index contributed by atoms with van der Waals surface area (Å²) in [4.78, 5) is 14.7. The summed E-state index contributed by atoms with van der Waals surface area (Å²) in [6.07, 6.45) is 1.85. The third-order valence-corrected chi connectivity index (χ3v) is 4.19. The Balaban J connectivity index is 0.00000192. The number of nitrogens with zero attached hydrogens (tertiary/aromatic N) is 1. The molecular weight excluding hydrogens is 312 g/mol. The first-order chi connectivity index (χ1) is 10.6. The predicted molar refractivity (Wildman–Crippen MR) is 95.8 cm³/mol. The van der Waals surface area contributed by atoms with Crippen molar-refractivity contribution in [2.45, 2.75) is 19.8 Å². The molecule has 0 saturated heterocycles. The van der Waals surface area contributed by atoms with E-state index in [1.165, 1.54) is 0 Å². The van der Waals surface area contributed by atoms with E-state index >= 15 is 0 Å². The van der Waals surface area contributed by atoms with Crippen molar-refractivity contribution in [2.24, 2.45) is 0 Å². The first-order valence-corrected chi connectivity index (χ1v) is 7.45. The summed E-state index contributed by atoms with van der Waals surface area (Å²) in [5, 5.41) is 0. The molecule has 0 bridgehead atoms. The molecule has 2 aromatic carbocycles. The van der Waals surface area contributed by atoms with Gasteiger partial charge in [0.2, 0.25) is 0 Å². The Labute approximate surface area is 142 Å². The number of rotatable bonds is 2. The number of aryl methyl sites for hydroxylation is 1. The van der Waals surface area contributed by atoms with Crippen LogP contribution in [0.5, 0.6) is 5.75 Å².